The normalized spacial score (nSPS) is 11.3. The number of aromatic nitrogens is 2. The molecule has 0 saturated heterocycles. The molecule has 0 radical (unpaired) electrons. The molecule has 0 aliphatic rings. The van der Waals surface area contributed by atoms with Gasteiger partial charge < -0.3 is 9.30 Å². The zero-order valence-corrected chi connectivity index (χ0v) is 18.3. The highest BCUT2D eigenvalue weighted by molar-refractivity contribution is 6.30. The summed E-state index contributed by atoms with van der Waals surface area (Å²) in [5.74, 6) is 2.53. The van der Waals surface area contributed by atoms with Crippen molar-refractivity contribution in [2.24, 2.45) is 0 Å². The number of hydrogen-bond donors (Lipinski definition) is 0. The van der Waals surface area contributed by atoms with Crippen LogP contribution in [0.25, 0.3) is 11.0 Å². The topological polar surface area (TPSA) is 27.1 Å². The maximum absolute atomic E-state index is 6.03. The minimum absolute atomic E-state index is 0.535. The van der Waals surface area contributed by atoms with Crippen LogP contribution in [0.5, 0.6) is 5.75 Å². The molecule has 154 valence electrons. The summed E-state index contributed by atoms with van der Waals surface area (Å²) in [6, 6.07) is 24.7. The number of nitrogens with zero attached hydrogens (tertiary/aromatic N) is 2. The van der Waals surface area contributed by atoms with E-state index in [1.165, 1.54) is 16.6 Å². The molecule has 0 bridgehead atoms. The van der Waals surface area contributed by atoms with Gasteiger partial charge in [-0.25, -0.2) is 4.98 Å². The summed E-state index contributed by atoms with van der Waals surface area (Å²) in [6.45, 7) is 5.95. The Morgan fingerprint density at radius 3 is 2.40 bits per heavy atom. The molecule has 1 aromatic heterocycles. The Balaban J connectivity index is 1.44. The molecule has 4 aromatic rings. The first-order chi connectivity index (χ1) is 14.6. The van der Waals surface area contributed by atoms with Crippen LogP contribution < -0.4 is 4.74 Å². The van der Waals surface area contributed by atoms with Crippen molar-refractivity contribution in [2.75, 3.05) is 6.61 Å². The highest BCUT2D eigenvalue weighted by Gasteiger charge is 2.11. The molecule has 0 amide bonds. The number of fused-ring (bicyclic) bond motifs is 1. The lowest BCUT2D eigenvalue weighted by atomic mass is 10.0. The lowest BCUT2D eigenvalue weighted by molar-refractivity contribution is 0.302. The molecule has 1 heterocycles. The molecule has 0 saturated carbocycles. The minimum Gasteiger partial charge on any atom is -0.494 e. The first kappa shape index (κ1) is 20.5. The highest BCUT2D eigenvalue weighted by Crippen LogP contribution is 2.21. The molecular weight excluding hydrogens is 392 g/mol. The van der Waals surface area contributed by atoms with Gasteiger partial charge in [0.25, 0.3) is 0 Å². The van der Waals surface area contributed by atoms with E-state index in [2.05, 4.69) is 73.0 Å². The quantitative estimate of drug-likeness (QED) is 0.292. The summed E-state index contributed by atoms with van der Waals surface area (Å²) in [5.41, 5.74) is 4.74. The highest BCUT2D eigenvalue weighted by atomic mass is 35.5. The Morgan fingerprint density at radius 1 is 0.933 bits per heavy atom. The van der Waals surface area contributed by atoms with Crippen LogP contribution >= 0.6 is 11.6 Å². The average molecular weight is 419 g/mol. The van der Waals surface area contributed by atoms with Gasteiger partial charge in [-0.05, 0) is 59.9 Å². The van der Waals surface area contributed by atoms with Crippen molar-refractivity contribution < 1.29 is 4.74 Å². The third-order valence-corrected chi connectivity index (χ3v) is 5.60. The number of aryl methyl sites for hydroxylation is 1. The van der Waals surface area contributed by atoms with Gasteiger partial charge in [-0.2, -0.15) is 0 Å². The first-order valence-corrected chi connectivity index (χ1v) is 10.9. The molecule has 3 nitrogen and oxygen atoms in total. The molecular formula is C26H27ClN2O. The second-order valence-electron chi connectivity index (χ2n) is 7.90. The van der Waals surface area contributed by atoms with Crippen molar-refractivity contribution in [1.82, 2.24) is 9.55 Å². The fourth-order valence-corrected chi connectivity index (χ4v) is 3.78. The molecule has 0 unspecified atom stereocenters. The van der Waals surface area contributed by atoms with E-state index < -0.39 is 0 Å². The molecule has 0 spiro atoms. The second kappa shape index (κ2) is 9.36. The van der Waals surface area contributed by atoms with Gasteiger partial charge in [-0.15, -0.1) is 0 Å². The lowest BCUT2D eigenvalue weighted by Crippen LogP contribution is -2.08. The van der Waals surface area contributed by atoms with Crippen LogP contribution in [0.2, 0.25) is 5.02 Å². The number of ether oxygens (including phenoxy) is 1. The number of benzene rings is 3. The largest absolute Gasteiger partial charge is 0.494 e. The zero-order chi connectivity index (χ0) is 20.9. The Morgan fingerprint density at radius 2 is 1.67 bits per heavy atom. The smallest absolute Gasteiger partial charge is 0.119 e. The number of para-hydroxylation sites is 2. The molecule has 0 atom stereocenters. The van der Waals surface area contributed by atoms with Crippen molar-refractivity contribution in [3.05, 3.63) is 94.8 Å². The molecule has 4 rings (SSSR count). The summed E-state index contributed by atoms with van der Waals surface area (Å²) in [4.78, 5) is 4.88. The molecule has 0 aliphatic heterocycles. The maximum Gasteiger partial charge on any atom is 0.119 e. The van der Waals surface area contributed by atoms with Gasteiger partial charge in [0.1, 0.15) is 11.6 Å². The Hall–Kier alpha value is -2.78. The predicted molar refractivity (Wildman–Crippen MR) is 125 cm³/mol. The second-order valence-corrected chi connectivity index (χ2v) is 8.33. The molecule has 0 aliphatic carbocycles. The summed E-state index contributed by atoms with van der Waals surface area (Å²) >= 11 is 6.03. The van der Waals surface area contributed by atoms with E-state index >= 15 is 0 Å². The van der Waals surface area contributed by atoms with Crippen molar-refractivity contribution in [1.29, 1.82) is 0 Å². The van der Waals surface area contributed by atoms with Gasteiger partial charge in [0.05, 0.1) is 17.6 Å². The van der Waals surface area contributed by atoms with Gasteiger partial charge in [0.2, 0.25) is 0 Å². The Labute approximate surface area is 183 Å². The van der Waals surface area contributed by atoms with Crippen LogP contribution in [0.15, 0.2) is 72.8 Å². The van der Waals surface area contributed by atoms with Crippen molar-refractivity contribution >= 4 is 22.6 Å². The standard InChI is InChI=1S/C26H27ClN2O/c1-19(2)21-10-14-23(15-11-21)30-17-5-16-29-25-7-4-3-6-24(25)28-26(29)18-20-8-12-22(27)13-9-20/h3-4,6-15,19H,5,16-18H2,1-2H3. The fourth-order valence-electron chi connectivity index (χ4n) is 3.66. The van der Waals surface area contributed by atoms with Gasteiger partial charge >= 0.3 is 0 Å². The lowest BCUT2D eigenvalue weighted by Gasteiger charge is -2.11. The third-order valence-electron chi connectivity index (χ3n) is 5.35. The van der Waals surface area contributed by atoms with E-state index in [0.29, 0.717) is 12.5 Å². The van der Waals surface area contributed by atoms with Crippen LogP contribution in [0, 0.1) is 0 Å². The summed E-state index contributed by atoms with van der Waals surface area (Å²) in [6.07, 6.45) is 1.70. The van der Waals surface area contributed by atoms with E-state index in [-0.39, 0.29) is 0 Å². The first-order valence-electron chi connectivity index (χ1n) is 10.5. The summed E-state index contributed by atoms with van der Waals surface area (Å²) < 4.78 is 8.29. The van der Waals surface area contributed by atoms with E-state index in [1.807, 2.05) is 18.2 Å². The van der Waals surface area contributed by atoms with Crippen LogP contribution in [-0.4, -0.2) is 16.2 Å². The van der Waals surface area contributed by atoms with Gasteiger partial charge in [0, 0.05) is 18.0 Å². The Bertz CT molecular complexity index is 1100. The predicted octanol–water partition coefficient (Wildman–Crippen LogP) is 6.87. The average Bonchev–Trinajstić information content (AvgIpc) is 3.10. The van der Waals surface area contributed by atoms with Crippen molar-refractivity contribution in [3.63, 3.8) is 0 Å². The van der Waals surface area contributed by atoms with Crippen LogP contribution in [0.1, 0.15) is 43.1 Å². The molecule has 3 aromatic carbocycles. The molecule has 0 fully saturated rings. The molecule has 4 heteroatoms. The molecule has 30 heavy (non-hydrogen) atoms. The number of imidazole rings is 1. The van der Waals surface area contributed by atoms with E-state index in [0.717, 1.165) is 41.5 Å². The van der Waals surface area contributed by atoms with E-state index in [1.54, 1.807) is 0 Å². The number of hydrogen-bond acceptors (Lipinski definition) is 2. The van der Waals surface area contributed by atoms with Crippen LogP contribution in [-0.2, 0) is 13.0 Å². The van der Waals surface area contributed by atoms with Crippen molar-refractivity contribution in [3.8, 4) is 5.75 Å². The van der Waals surface area contributed by atoms with E-state index in [9.17, 15) is 0 Å². The fraction of sp³-hybridized carbons (Fsp3) is 0.269. The SMILES string of the molecule is CC(C)c1ccc(OCCCn2c(Cc3ccc(Cl)cc3)nc3ccccc32)cc1. The van der Waals surface area contributed by atoms with E-state index in [4.69, 9.17) is 21.3 Å². The minimum atomic E-state index is 0.535. The van der Waals surface area contributed by atoms with Crippen LogP contribution in [0.4, 0.5) is 0 Å². The van der Waals surface area contributed by atoms with Gasteiger partial charge in [-0.1, -0.05) is 61.8 Å². The van der Waals surface area contributed by atoms with Gasteiger partial charge in [0.15, 0.2) is 0 Å². The number of halogens is 1. The zero-order valence-electron chi connectivity index (χ0n) is 17.5. The van der Waals surface area contributed by atoms with Crippen molar-refractivity contribution in [2.45, 2.75) is 39.2 Å². The maximum atomic E-state index is 6.03. The molecule has 0 N–H and O–H groups in total. The third kappa shape index (κ3) is 4.85. The van der Waals surface area contributed by atoms with Gasteiger partial charge in [-0.3, -0.25) is 0 Å². The Kier molecular flexibility index (Phi) is 6.39. The van der Waals surface area contributed by atoms with Crippen LogP contribution in [0.3, 0.4) is 0 Å². The number of rotatable bonds is 8. The summed E-state index contributed by atoms with van der Waals surface area (Å²) in [7, 11) is 0. The monoisotopic (exact) mass is 418 g/mol. The summed E-state index contributed by atoms with van der Waals surface area (Å²) in [5, 5.41) is 0.755.